The molecule has 1 aromatic heterocycles. The number of benzene rings is 3. The van der Waals surface area contributed by atoms with Crippen molar-refractivity contribution in [1.29, 1.82) is 0 Å². The molecule has 7 nitrogen and oxygen atoms in total. The summed E-state index contributed by atoms with van der Waals surface area (Å²) < 4.78 is 6.86. The quantitative estimate of drug-likeness (QED) is 0.378. The maximum absolute atomic E-state index is 12.8. The van der Waals surface area contributed by atoms with Crippen LogP contribution in [0.15, 0.2) is 89.7 Å². The van der Waals surface area contributed by atoms with Crippen molar-refractivity contribution in [3.63, 3.8) is 0 Å². The van der Waals surface area contributed by atoms with E-state index in [-0.39, 0.29) is 18.9 Å². The van der Waals surface area contributed by atoms with Crippen molar-refractivity contribution in [2.24, 2.45) is 0 Å². The van der Waals surface area contributed by atoms with Gasteiger partial charge in [0, 0.05) is 17.5 Å². The Morgan fingerprint density at radius 3 is 2.11 bits per heavy atom. The average molecular weight is 470 g/mol. The Bertz CT molecular complexity index is 1320. The highest BCUT2D eigenvalue weighted by Gasteiger charge is 2.17. The summed E-state index contributed by atoms with van der Waals surface area (Å²) in [6.45, 7) is 1.51. The van der Waals surface area contributed by atoms with Crippen LogP contribution in [-0.4, -0.2) is 38.4 Å². The molecule has 0 aliphatic rings. The topological polar surface area (TPSA) is 94.3 Å². The molecule has 4 rings (SSSR count). The van der Waals surface area contributed by atoms with E-state index in [0.717, 1.165) is 16.7 Å². The molecule has 0 saturated carbocycles. The zero-order chi connectivity index (χ0) is 24.6. The Balaban J connectivity index is 1.49. The molecule has 0 bridgehead atoms. The summed E-state index contributed by atoms with van der Waals surface area (Å²) in [7, 11) is 0. The zero-order valence-electron chi connectivity index (χ0n) is 19.5. The molecule has 3 aromatic carbocycles. The third kappa shape index (κ3) is 6.49. The molecule has 1 N–H and O–H groups in total. The highest BCUT2D eigenvalue weighted by molar-refractivity contribution is 5.77. The molecule has 4 aromatic rings. The molecule has 35 heavy (non-hydrogen) atoms. The Kier molecular flexibility index (Phi) is 7.80. The van der Waals surface area contributed by atoms with E-state index in [9.17, 15) is 14.7 Å². The van der Waals surface area contributed by atoms with Gasteiger partial charge in [-0.3, -0.25) is 0 Å². The van der Waals surface area contributed by atoms with Gasteiger partial charge >= 0.3 is 5.69 Å². The number of hydrogen-bond acceptors (Lipinski definition) is 6. The molecule has 1 atom stereocenters. The number of aliphatic hydroxyl groups is 1. The monoisotopic (exact) mass is 469 g/mol. The van der Waals surface area contributed by atoms with Crippen LogP contribution >= 0.6 is 0 Å². The summed E-state index contributed by atoms with van der Waals surface area (Å²) in [5.74, 6) is 0.748. The summed E-state index contributed by atoms with van der Waals surface area (Å²) in [6, 6.07) is 26.4. The van der Waals surface area contributed by atoms with Crippen LogP contribution in [0.5, 0.6) is 5.75 Å². The van der Waals surface area contributed by atoms with Crippen LogP contribution in [-0.2, 0) is 17.8 Å². The van der Waals surface area contributed by atoms with Gasteiger partial charge in [0.05, 0.1) is 6.54 Å². The molecule has 0 amide bonds. The number of ketones is 1. The molecular weight excluding hydrogens is 442 g/mol. The SMILES string of the molecule is CC(=O)CCc1ccc(OC[C@H](O)Cn2nc(-c3ccccc3)c(-c3ccccc3)nc2=O)cc1. The fraction of sp³-hybridized carbons (Fsp3) is 0.214. The van der Waals surface area contributed by atoms with Crippen LogP contribution in [0, 0.1) is 0 Å². The minimum absolute atomic E-state index is 0.0119. The third-order valence-electron chi connectivity index (χ3n) is 5.48. The van der Waals surface area contributed by atoms with Gasteiger partial charge < -0.3 is 14.6 Å². The maximum Gasteiger partial charge on any atom is 0.364 e. The predicted octanol–water partition coefficient (Wildman–Crippen LogP) is 3.93. The number of nitrogens with zero attached hydrogens (tertiary/aromatic N) is 3. The summed E-state index contributed by atoms with van der Waals surface area (Å²) in [5.41, 5.74) is 3.17. The van der Waals surface area contributed by atoms with Gasteiger partial charge in [-0.25, -0.2) is 9.48 Å². The largest absolute Gasteiger partial charge is 0.491 e. The van der Waals surface area contributed by atoms with Crippen molar-refractivity contribution in [2.45, 2.75) is 32.4 Å². The number of hydrogen-bond donors (Lipinski definition) is 1. The lowest BCUT2D eigenvalue weighted by Crippen LogP contribution is -2.34. The standard InChI is InChI=1S/C28H27N3O4/c1-20(32)12-13-21-14-16-25(17-15-21)35-19-24(33)18-31-28(34)29-26(22-8-4-2-5-9-22)27(30-31)23-10-6-3-7-11-23/h2-11,14-17,24,33H,12-13,18-19H2,1H3/t24-/m1/s1. The lowest BCUT2D eigenvalue weighted by Gasteiger charge is -2.15. The Hall–Kier alpha value is -4.10. The summed E-state index contributed by atoms with van der Waals surface area (Å²) in [5, 5.41) is 15.1. The molecule has 7 heteroatoms. The first-order valence-electron chi connectivity index (χ1n) is 11.5. The minimum Gasteiger partial charge on any atom is -0.491 e. The molecule has 178 valence electrons. The summed E-state index contributed by atoms with van der Waals surface area (Å²) >= 11 is 0. The van der Waals surface area contributed by atoms with Gasteiger partial charge in [0.15, 0.2) is 0 Å². The van der Waals surface area contributed by atoms with Crippen LogP contribution in [0.2, 0.25) is 0 Å². The highest BCUT2D eigenvalue weighted by atomic mass is 16.5. The van der Waals surface area contributed by atoms with Crippen LogP contribution in [0.4, 0.5) is 0 Å². The average Bonchev–Trinajstić information content (AvgIpc) is 2.89. The van der Waals surface area contributed by atoms with E-state index in [4.69, 9.17) is 4.74 Å². The van der Waals surface area contributed by atoms with E-state index in [1.54, 1.807) is 19.1 Å². The molecule has 0 aliphatic heterocycles. The minimum atomic E-state index is -0.967. The van der Waals surface area contributed by atoms with Gasteiger partial charge in [0.25, 0.3) is 0 Å². The first-order chi connectivity index (χ1) is 17.0. The van der Waals surface area contributed by atoms with Gasteiger partial charge in [0.1, 0.15) is 35.6 Å². The van der Waals surface area contributed by atoms with Gasteiger partial charge in [-0.05, 0) is 31.0 Å². The smallest absolute Gasteiger partial charge is 0.364 e. The van der Waals surface area contributed by atoms with Crippen LogP contribution < -0.4 is 10.4 Å². The predicted molar refractivity (Wildman–Crippen MR) is 134 cm³/mol. The van der Waals surface area contributed by atoms with E-state index in [1.165, 1.54) is 4.68 Å². The molecule has 1 heterocycles. The summed E-state index contributed by atoms with van der Waals surface area (Å²) in [6.07, 6.45) is 0.219. The fourth-order valence-corrected chi connectivity index (χ4v) is 3.64. The van der Waals surface area contributed by atoms with Crippen LogP contribution in [0.3, 0.4) is 0 Å². The second-order valence-electron chi connectivity index (χ2n) is 8.32. The van der Waals surface area contributed by atoms with Crippen LogP contribution in [0.1, 0.15) is 18.9 Å². The number of aromatic nitrogens is 3. The van der Waals surface area contributed by atoms with E-state index in [2.05, 4.69) is 10.1 Å². The Morgan fingerprint density at radius 1 is 0.914 bits per heavy atom. The number of aliphatic hydroxyl groups excluding tert-OH is 1. The van der Waals surface area contributed by atoms with Crippen molar-refractivity contribution in [2.75, 3.05) is 6.61 Å². The molecule has 0 unspecified atom stereocenters. The summed E-state index contributed by atoms with van der Waals surface area (Å²) in [4.78, 5) is 28.2. The van der Waals surface area contributed by atoms with Gasteiger partial charge in [-0.15, -0.1) is 0 Å². The van der Waals surface area contributed by atoms with E-state index < -0.39 is 11.8 Å². The molecule has 0 spiro atoms. The van der Waals surface area contributed by atoms with Crippen molar-refractivity contribution in [1.82, 2.24) is 14.8 Å². The van der Waals surface area contributed by atoms with Crippen molar-refractivity contribution < 1.29 is 14.6 Å². The van der Waals surface area contributed by atoms with Gasteiger partial charge in [0.2, 0.25) is 0 Å². The van der Waals surface area contributed by atoms with Crippen LogP contribution in [0.25, 0.3) is 22.5 Å². The number of carbonyl (C=O) groups is 1. The van der Waals surface area contributed by atoms with E-state index in [1.807, 2.05) is 72.8 Å². The highest BCUT2D eigenvalue weighted by Crippen LogP contribution is 2.27. The van der Waals surface area contributed by atoms with Crippen molar-refractivity contribution in [3.8, 4) is 28.3 Å². The molecule has 0 radical (unpaired) electrons. The zero-order valence-corrected chi connectivity index (χ0v) is 19.5. The lowest BCUT2D eigenvalue weighted by molar-refractivity contribution is -0.116. The molecule has 0 saturated heterocycles. The second-order valence-corrected chi connectivity index (χ2v) is 8.32. The van der Waals surface area contributed by atoms with Crippen molar-refractivity contribution in [3.05, 3.63) is 101 Å². The second kappa shape index (κ2) is 11.4. The van der Waals surface area contributed by atoms with Gasteiger partial charge in [-0.2, -0.15) is 10.1 Å². The fourth-order valence-electron chi connectivity index (χ4n) is 3.64. The number of ether oxygens (including phenoxy) is 1. The van der Waals surface area contributed by atoms with E-state index in [0.29, 0.717) is 30.0 Å². The molecule has 0 fully saturated rings. The molecule has 0 aliphatic carbocycles. The lowest BCUT2D eigenvalue weighted by atomic mass is 10.0. The maximum atomic E-state index is 12.8. The first-order valence-corrected chi connectivity index (χ1v) is 11.5. The van der Waals surface area contributed by atoms with E-state index >= 15 is 0 Å². The Labute approximate surface area is 203 Å². The number of rotatable bonds is 10. The number of Topliss-reactive ketones (excluding diaryl/α,β-unsaturated/α-hetero) is 1. The number of aryl methyl sites for hydroxylation is 1. The molecular formula is C28H27N3O4. The Morgan fingerprint density at radius 2 is 1.51 bits per heavy atom. The van der Waals surface area contributed by atoms with Gasteiger partial charge in [-0.1, -0.05) is 72.8 Å². The first kappa shape index (κ1) is 24.0. The number of carbonyl (C=O) groups excluding carboxylic acids is 1. The normalized spacial score (nSPS) is 11.7. The van der Waals surface area contributed by atoms with Crippen molar-refractivity contribution >= 4 is 5.78 Å². The third-order valence-corrected chi connectivity index (χ3v) is 5.48.